The van der Waals surface area contributed by atoms with Crippen molar-refractivity contribution >= 4 is 28.9 Å². The number of nitrogens with one attached hydrogen (secondary N) is 1. The van der Waals surface area contributed by atoms with Crippen LogP contribution < -0.4 is 5.32 Å². The van der Waals surface area contributed by atoms with E-state index in [-0.39, 0.29) is 12.1 Å². The molecule has 2 unspecified atom stereocenters. The highest BCUT2D eigenvalue weighted by Gasteiger charge is 2.41. The van der Waals surface area contributed by atoms with Crippen molar-refractivity contribution in [3.8, 4) is 11.3 Å². The van der Waals surface area contributed by atoms with Crippen molar-refractivity contribution in [2.45, 2.75) is 19.0 Å². The van der Waals surface area contributed by atoms with Crippen molar-refractivity contribution in [3.63, 3.8) is 0 Å². The van der Waals surface area contributed by atoms with Crippen LogP contribution in [-0.2, 0) is 4.74 Å². The van der Waals surface area contributed by atoms with Gasteiger partial charge in [-0.05, 0) is 61.1 Å². The minimum absolute atomic E-state index is 0.111. The number of methoxy groups -OCH3 is 1. The lowest BCUT2D eigenvalue weighted by molar-refractivity contribution is 0.158. The number of rotatable bonds is 6. The number of aromatic nitrogens is 1. The number of hydrogen-bond donors (Lipinski definition) is 1. The van der Waals surface area contributed by atoms with Gasteiger partial charge >= 0.3 is 0 Å². The van der Waals surface area contributed by atoms with Crippen LogP contribution in [0.2, 0.25) is 5.02 Å². The Balaban J connectivity index is 1.73. The molecule has 4 rings (SSSR count). The lowest BCUT2D eigenvalue weighted by Gasteiger charge is -2.25. The summed E-state index contributed by atoms with van der Waals surface area (Å²) in [5, 5.41) is 4.75. The van der Waals surface area contributed by atoms with Gasteiger partial charge in [0.1, 0.15) is 17.6 Å². The summed E-state index contributed by atoms with van der Waals surface area (Å²) in [5.74, 6) is 1.60. The maximum Gasteiger partial charge on any atom is 0.170 e. The molecule has 2 atom stereocenters. The number of pyridine rings is 1. The average molecular weight is 428 g/mol. The Labute approximate surface area is 180 Å². The fraction of sp³-hybridized carbons (Fsp3) is 0.273. The van der Waals surface area contributed by atoms with Crippen LogP contribution in [0.15, 0.2) is 59.1 Å². The smallest absolute Gasteiger partial charge is 0.170 e. The van der Waals surface area contributed by atoms with Crippen LogP contribution in [-0.4, -0.2) is 35.3 Å². The predicted octanol–water partition coefficient (Wildman–Crippen LogP) is 4.92. The van der Waals surface area contributed by atoms with Gasteiger partial charge in [-0.15, -0.1) is 0 Å². The Morgan fingerprint density at radius 1 is 1.24 bits per heavy atom. The molecule has 0 saturated carbocycles. The Morgan fingerprint density at radius 3 is 2.86 bits per heavy atom. The first-order valence-electron chi connectivity index (χ1n) is 9.41. The van der Waals surface area contributed by atoms with E-state index in [0.29, 0.717) is 23.3 Å². The first kappa shape index (κ1) is 19.9. The first-order chi connectivity index (χ1) is 14.1. The third-order valence-electron chi connectivity index (χ3n) is 5.12. The van der Waals surface area contributed by atoms with Gasteiger partial charge < -0.3 is 19.4 Å². The summed E-state index contributed by atoms with van der Waals surface area (Å²) in [7, 11) is 1.69. The second-order valence-corrected chi connectivity index (χ2v) is 7.80. The van der Waals surface area contributed by atoms with E-state index in [9.17, 15) is 0 Å². The summed E-state index contributed by atoms with van der Waals surface area (Å²) >= 11 is 11.8. The van der Waals surface area contributed by atoms with E-state index >= 15 is 0 Å². The highest BCUT2D eigenvalue weighted by Crippen LogP contribution is 2.40. The van der Waals surface area contributed by atoms with Gasteiger partial charge in [-0.25, -0.2) is 0 Å². The van der Waals surface area contributed by atoms with Crippen molar-refractivity contribution in [3.05, 3.63) is 76.8 Å². The molecule has 5 nitrogen and oxygen atoms in total. The lowest BCUT2D eigenvalue weighted by atomic mass is 10.0. The van der Waals surface area contributed by atoms with Crippen LogP contribution in [0.5, 0.6) is 0 Å². The van der Waals surface area contributed by atoms with Gasteiger partial charge in [0.05, 0.1) is 18.3 Å². The van der Waals surface area contributed by atoms with Crippen molar-refractivity contribution in [2.24, 2.45) is 0 Å². The number of aryl methyl sites for hydroxylation is 1. The third kappa shape index (κ3) is 4.01. The summed E-state index contributed by atoms with van der Waals surface area (Å²) < 4.78 is 11.6. The fourth-order valence-electron chi connectivity index (χ4n) is 3.66. The second-order valence-electron chi connectivity index (χ2n) is 6.97. The number of thiocarbonyl (C=S) groups is 1. The van der Waals surface area contributed by atoms with Crippen LogP contribution in [0.25, 0.3) is 11.3 Å². The van der Waals surface area contributed by atoms with Crippen molar-refractivity contribution < 1.29 is 9.15 Å². The van der Waals surface area contributed by atoms with Crippen LogP contribution in [0.4, 0.5) is 0 Å². The molecule has 1 aliphatic heterocycles. The number of hydrogen-bond acceptors (Lipinski definition) is 4. The molecule has 0 radical (unpaired) electrons. The average Bonchev–Trinajstić information content (AvgIpc) is 3.33. The van der Waals surface area contributed by atoms with E-state index in [1.807, 2.05) is 55.5 Å². The largest absolute Gasteiger partial charge is 0.459 e. The first-order valence-corrected chi connectivity index (χ1v) is 10.2. The van der Waals surface area contributed by atoms with Crippen molar-refractivity contribution in [1.29, 1.82) is 0 Å². The standard InChI is InChI=1S/C22H22ClN3O2S/c1-14-6-7-15(23)13-16(14)18-8-9-19(28-18)21-20(17-5-3-4-10-24-17)25-22(29)26(21)11-12-27-2/h3-10,13,20-21H,11-12H2,1-2H3,(H,25,29). The quantitative estimate of drug-likeness (QED) is 0.563. The number of halogens is 1. The molecule has 0 aliphatic carbocycles. The van der Waals surface area contributed by atoms with E-state index in [4.69, 9.17) is 33.0 Å². The summed E-state index contributed by atoms with van der Waals surface area (Å²) in [6.07, 6.45) is 1.79. The minimum atomic E-state index is -0.124. The van der Waals surface area contributed by atoms with Crippen LogP contribution in [0.1, 0.15) is 29.1 Å². The topological polar surface area (TPSA) is 50.5 Å². The Morgan fingerprint density at radius 2 is 2.10 bits per heavy atom. The molecule has 1 N–H and O–H groups in total. The zero-order valence-electron chi connectivity index (χ0n) is 16.3. The molecule has 29 heavy (non-hydrogen) atoms. The van der Waals surface area contributed by atoms with Gasteiger partial charge in [-0.2, -0.15) is 0 Å². The molecule has 3 heterocycles. The summed E-state index contributed by atoms with van der Waals surface area (Å²) in [6, 6.07) is 15.4. The molecule has 3 aromatic rings. The van der Waals surface area contributed by atoms with Crippen LogP contribution in [0, 0.1) is 6.92 Å². The fourth-order valence-corrected chi connectivity index (χ4v) is 4.17. The highest BCUT2D eigenvalue weighted by molar-refractivity contribution is 7.80. The molecular weight excluding hydrogens is 406 g/mol. The molecule has 1 aliphatic rings. The van der Waals surface area contributed by atoms with Gasteiger partial charge in [0.2, 0.25) is 0 Å². The molecule has 150 valence electrons. The maximum atomic E-state index is 6.33. The van der Waals surface area contributed by atoms with E-state index in [1.54, 1.807) is 13.3 Å². The summed E-state index contributed by atoms with van der Waals surface area (Å²) in [4.78, 5) is 6.64. The molecule has 1 fully saturated rings. The molecule has 1 saturated heterocycles. The molecule has 7 heteroatoms. The zero-order chi connectivity index (χ0) is 20.4. The second kappa shape index (κ2) is 8.53. The minimum Gasteiger partial charge on any atom is -0.459 e. The Kier molecular flexibility index (Phi) is 5.85. The van der Waals surface area contributed by atoms with Gasteiger partial charge in [0, 0.05) is 30.4 Å². The molecule has 0 spiro atoms. The molecule has 0 bridgehead atoms. The Hall–Kier alpha value is -2.41. The zero-order valence-corrected chi connectivity index (χ0v) is 17.8. The maximum absolute atomic E-state index is 6.33. The SMILES string of the molecule is COCCN1C(=S)NC(c2ccccn2)C1c1ccc(-c2cc(Cl)ccc2C)o1. The van der Waals surface area contributed by atoms with E-state index in [0.717, 1.165) is 28.3 Å². The van der Waals surface area contributed by atoms with Crippen molar-refractivity contribution in [2.75, 3.05) is 20.3 Å². The Bertz CT molecular complexity index is 1010. The van der Waals surface area contributed by atoms with Gasteiger partial charge in [-0.1, -0.05) is 23.7 Å². The normalized spacial score (nSPS) is 18.9. The number of ether oxygens (including phenoxy) is 1. The number of nitrogens with zero attached hydrogens (tertiary/aromatic N) is 2. The molecule has 2 aromatic heterocycles. The van der Waals surface area contributed by atoms with Crippen molar-refractivity contribution in [1.82, 2.24) is 15.2 Å². The lowest BCUT2D eigenvalue weighted by Crippen LogP contribution is -2.32. The third-order valence-corrected chi connectivity index (χ3v) is 5.70. The summed E-state index contributed by atoms with van der Waals surface area (Å²) in [6.45, 7) is 3.26. The van der Waals surface area contributed by atoms with Gasteiger partial charge in [0.15, 0.2) is 5.11 Å². The highest BCUT2D eigenvalue weighted by atomic mass is 35.5. The summed E-state index contributed by atoms with van der Waals surface area (Å²) in [5.41, 5.74) is 3.00. The monoisotopic (exact) mass is 427 g/mol. The van der Waals surface area contributed by atoms with Gasteiger partial charge in [-0.3, -0.25) is 4.98 Å². The molecule has 1 aromatic carbocycles. The van der Waals surface area contributed by atoms with Crippen LogP contribution >= 0.6 is 23.8 Å². The number of furan rings is 1. The van der Waals surface area contributed by atoms with E-state index in [1.165, 1.54) is 0 Å². The molecule has 0 amide bonds. The van der Waals surface area contributed by atoms with E-state index < -0.39 is 0 Å². The molecular formula is C22H22ClN3O2S. The van der Waals surface area contributed by atoms with Crippen LogP contribution in [0.3, 0.4) is 0 Å². The van der Waals surface area contributed by atoms with Gasteiger partial charge in [0.25, 0.3) is 0 Å². The van der Waals surface area contributed by atoms with E-state index in [2.05, 4.69) is 15.2 Å². The predicted molar refractivity (Wildman–Crippen MR) is 118 cm³/mol. The number of benzene rings is 1.